The van der Waals surface area contributed by atoms with E-state index in [0.717, 1.165) is 5.56 Å². The average Bonchev–Trinajstić information content (AvgIpc) is 3.37. The van der Waals surface area contributed by atoms with Crippen molar-refractivity contribution in [1.82, 2.24) is 24.3 Å². The number of sulfonamides is 1. The highest BCUT2D eigenvalue weighted by Crippen LogP contribution is 2.33. The van der Waals surface area contributed by atoms with Crippen LogP contribution in [0.3, 0.4) is 0 Å². The predicted octanol–water partition coefficient (Wildman–Crippen LogP) is 1.37. The topological polar surface area (TPSA) is 128 Å². The average molecular weight is 486 g/mol. The van der Waals surface area contributed by atoms with Gasteiger partial charge in [-0.3, -0.25) is 9.78 Å². The van der Waals surface area contributed by atoms with Crippen LogP contribution in [0.1, 0.15) is 12.3 Å². The molecule has 2 aromatic heterocycles. The number of piperazine rings is 1. The Bertz CT molecular complexity index is 1270. The first kappa shape index (κ1) is 22.3. The number of carbonyl (C=O) groups excluding carboxylic acids is 1. The van der Waals surface area contributed by atoms with E-state index < -0.39 is 10.0 Å². The third kappa shape index (κ3) is 4.59. The van der Waals surface area contributed by atoms with Crippen LogP contribution >= 0.6 is 0 Å². The predicted molar refractivity (Wildman–Crippen MR) is 119 cm³/mol. The Hall–Kier alpha value is -3.51. The summed E-state index contributed by atoms with van der Waals surface area (Å²) in [4.78, 5) is 22.8. The van der Waals surface area contributed by atoms with Crippen molar-refractivity contribution in [1.29, 1.82) is 0 Å². The molecule has 4 heterocycles. The Morgan fingerprint density at radius 2 is 1.82 bits per heavy atom. The van der Waals surface area contributed by atoms with Crippen molar-refractivity contribution in [3.63, 3.8) is 0 Å². The first-order valence-corrected chi connectivity index (χ1v) is 12.4. The standard InChI is InChI=1S/C22H23N5O6S/c28-21(6-5-20-24-22(25-33-20)16-2-1-7-23-15-16)26-8-10-27(11-9-26)34(29,30)17-3-4-18-19(14-17)32-13-12-31-18/h1-4,7,14-15H,5-6,8-13H2. The number of carbonyl (C=O) groups is 1. The van der Waals surface area contributed by atoms with Gasteiger partial charge >= 0.3 is 0 Å². The maximum absolute atomic E-state index is 13.1. The molecule has 1 fully saturated rings. The van der Waals surface area contributed by atoms with Gasteiger partial charge in [0.2, 0.25) is 27.6 Å². The number of aromatic nitrogens is 3. The van der Waals surface area contributed by atoms with Gasteiger partial charge in [-0.15, -0.1) is 0 Å². The number of benzene rings is 1. The van der Waals surface area contributed by atoms with Crippen molar-refractivity contribution in [2.24, 2.45) is 0 Å². The fraction of sp³-hybridized carbons (Fsp3) is 0.364. The SMILES string of the molecule is O=C(CCc1nc(-c2cccnc2)no1)N1CCN(S(=O)(=O)c2ccc3c(c2)OCCO3)CC1. The molecule has 0 bridgehead atoms. The number of amides is 1. The quantitative estimate of drug-likeness (QED) is 0.508. The minimum atomic E-state index is -3.70. The van der Waals surface area contributed by atoms with Crippen LogP contribution in [0.15, 0.2) is 52.1 Å². The zero-order valence-electron chi connectivity index (χ0n) is 18.3. The van der Waals surface area contributed by atoms with Gasteiger partial charge in [-0.1, -0.05) is 5.16 Å². The molecule has 11 nitrogen and oxygen atoms in total. The number of pyridine rings is 1. The number of fused-ring (bicyclic) bond motifs is 1. The van der Waals surface area contributed by atoms with Crippen LogP contribution in [0, 0.1) is 0 Å². The van der Waals surface area contributed by atoms with Crippen LogP contribution in [0.5, 0.6) is 11.5 Å². The fourth-order valence-corrected chi connectivity index (χ4v) is 5.29. The summed E-state index contributed by atoms with van der Waals surface area (Å²) in [6, 6.07) is 8.22. The van der Waals surface area contributed by atoms with Crippen molar-refractivity contribution in [3.8, 4) is 22.9 Å². The van der Waals surface area contributed by atoms with E-state index in [0.29, 0.717) is 55.9 Å². The molecule has 2 aliphatic heterocycles. The fourth-order valence-electron chi connectivity index (χ4n) is 3.85. The molecule has 3 aromatic rings. The molecule has 12 heteroatoms. The van der Waals surface area contributed by atoms with E-state index in [1.165, 1.54) is 16.4 Å². The second kappa shape index (κ2) is 9.39. The third-order valence-electron chi connectivity index (χ3n) is 5.68. The van der Waals surface area contributed by atoms with Crippen molar-refractivity contribution in [3.05, 3.63) is 48.6 Å². The summed E-state index contributed by atoms with van der Waals surface area (Å²) in [5.41, 5.74) is 0.735. The lowest BCUT2D eigenvalue weighted by Crippen LogP contribution is -2.50. The summed E-state index contributed by atoms with van der Waals surface area (Å²) in [6.07, 6.45) is 3.80. The van der Waals surface area contributed by atoms with E-state index in [4.69, 9.17) is 14.0 Å². The van der Waals surface area contributed by atoms with E-state index in [1.807, 2.05) is 6.07 Å². The summed E-state index contributed by atoms with van der Waals surface area (Å²) in [6.45, 7) is 1.88. The molecule has 0 saturated carbocycles. The van der Waals surface area contributed by atoms with Crippen molar-refractivity contribution >= 4 is 15.9 Å². The van der Waals surface area contributed by atoms with Gasteiger partial charge in [0.1, 0.15) is 13.2 Å². The van der Waals surface area contributed by atoms with Crippen molar-refractivity contribution in [2.75, 3.05) is 39.4 Å². The Morgan fingerprint density at radius 3 is 2.59 bits per heavy atom. The van der Waals surface area contributed by atoms with Crippen LogP contribution in [-0.4, -0.2) is 78.0 Å². The van der Waals surface area contributed by atoms with E-state index in [-0.39, 0.29) is 30.3 Å². The molecule has 0 spiro atoms. The Balaban J connectivity index is 1.15. The van der Waals surface area contributed by atoms with Gasteiger partial charge in [-0.2, -0.15) is 9.29 Å². The number of hydrogen-bond acceptors (Lipinski definition) is 9. The number of ether oxygens (including phenoxy) is 2. The number of hydrogen-bond donors (Lipinski definition) is 0. The van der Waals surface area contributed by atoms with E-state index >= 15 is 0 Å². The molecule has 5 rings (SSSR count). The maximum atomic E-state index is 13.1. The molecular formula is C22H23N5O6S. The van der Waals surface area contributed by atoms with Gasteiger partial charge in [0.25, 0.3) is 0 Å². The molecule has 0 aliphatic carbocycles. The smallest absolute Gasteiger partial charge is 0.243 e. The molecule has 1 saturated heterocycles. The molecule has 0 unspecified atom stereocenters. The Labute approximate surface area is 196 Å². The number of nitrogens with zero attached hydrogens (tertiary/aromatic N) is 5. The molecule has 34 heavy (non-hydrogen) atoms. The summed E-state index contributed by atoms with van der Waals surface area (Å²) >= 11 is 0. The lowest BCUT2D eigenvalue weighted by atomic mass is 10.2. The molecule has 178 valence electrons. The van der Waals surface area contributed by atoms with Crippen LogP contribution in [0.2, 0.25) is 0 Å². The van der Waals surface area contributed by atoms with Gasteiger partial charge in [0, 0.05) is 63.0 Å². The second-order valence-corrected chi connectivity index (χ2v) is 9.78. The molecule has 0 atom stereocenters. The zero-order chi connectivity index (χ0) is 23.5. The molecular weight excluding hydrogens is 462 g/mol. The van der Waals surface area contributed by atoms with E-state index in [2.05, 4.69) is 15.1 Å². The number of aryl methyl sites for hydroxylation is 1. The van der Waals surface area contributed by atoms with Gasteiger partial charge in [-0.25, -0.2) is 8.42 Å². The van der Waals surface area contributed by atoms with Crippen LogP contribution < -0.4 is 9.47 Å². The summed E-state index contributed by atoms with van der Waals surface area (Å²) in [7, 11) is -3.70. The molecule has 0 N–H and O–H groups in total. The van der Waals surface area contributed by atoms with E-state index in [9.17, 15) is 13.2 Å². The Morgan fingerprint density at radius 1 is 1.03 bits per heavy atom. The highest BCUT2D eigenvalue weighted by molar-refractivity contribution is 7.89. The lowest BCUT2D eigenvalue weighted by molar-refractivity contribution is -0.132. The summed E-state index contributed by atoms with van der Waals surface area (Å²) < 4.78 is 43.7. The first-order chi connectivity index (χ1) is 16.5. The van der Waals surface area contributed by atoms with Gasteiger partial charge in [0.05, 0.1) is 4.90 Å². The van der Waals surface area contributed by atoms with Crippen LogP contribution in [0.25, 0.3) is 11.4 Å². The zero-order valence-corrected chi connectivity index (χ0v) is 19.1. The third-order valence-corrected chi connectivity index (χ3v) is 7.58. The monoisotopic (exact) mass is 485 g/mol. The van der Waals surface area contributed by atoms with Crippen LogP contribution in [0.4, 0.5) is 0 Å². The molecule has 0 radical (unpaired) electrons. The van der Waals surface area contributed by atoms with Gasteiger partial charge in [0.15, 0.2) is 11.5 Å². The normalized spacial score (nSPS) is 16.4. The highest BCUT2D eigenvalue weighted by Gasteiger charge is 2.31. The molecule has 1 aromatic carbocycles. The second-order valence-electron chi connectivity index (χ2n) is 7.84. The largest absolute Gasteiger partial charge is 0.486 e. The lowest BCUT2D eigenvalue weighted by Gasteiger charge is -2.34. The summed E-state index contributed by atoms with van der Waals surface area (Å²) in [5.74, 6) is 1.67. The van der Waals surface area contributed by atoms with Gasteiger partial charge in [-0.05, 0) is 24.3 Å². The minimum absolute atomic E-state index is 0.0856. The maximum Gasteiger partial charge on any atom is 0.243 e. The van der Waals surface area contributed by atoms with Crippen molar-refractivity contribution in [2.45, 2.75) is 17.7 Å². The van der Waals surface area contributed by atoms with E-state index in [1.54, 1.807) is 29.4 Å². The molecule has 2 aliphatic rings. The highest BCUT2D eigenvalue weighted by atomic mass is 32.2. The molecule has 1 amide bonds. The van der Waals surface area contributed by atoms with Crippen LogP contribution in [-0.2, 0) is 21.2 Å². The minimum Gasteiger partial charge on any atom is -0.486 e. The summed E-state index contributed by atoms with van der Waals surface area (Å²) in [5, 5.41) is 3.93. The van der Waals surface area contributed by atoms with Gasteiger partial charge < -0.3 is 18.9 Å². The Kier molecular flexibility index (Phi) is 6.16. The first-order valence-electron chi connectivity index (χ1n) is 10.9. The number of rotatable bonds is 6. The van der Waals surface area contributed by atoms with Crippen molar-refractivity contribution < 1.29 is 27.2 Å².